The summed E-state index contributed by atoms with van der Waals surface area (Å²) in [5, 5.41) is 8.86. The van der Waals surface area contributed by atoms with Crippen LogP contribution in [0.3, 0.4) is 0 Å². The minimum absolute atomic E-state index is 0.0918. The lowest BCUT2D eigenvalue weighted by Crippen LogP contribution is -2.49. The molecular weight excluding hydrogens is 317 g/mol. The molecule has 18 heavy (non-hydrogen) atoms. The van der Waals surface area contributed by atoms with Crippen LogP contribution in [0.4, 0.5) is 13.2 Å². The van der Waals surface area contributed by atoms with Gasteiger partial charge in [-0.05, 0) is 23.8 Å². The van der Waals surface area contributed by atoms with Gasteiger partial charge in [0.25, 0.3) is 0 Å². The van der Waals surface area contributed by atoms with E-state index in [4.69, 9.17) is 5.11 Å². The minimum atomic E-state index is -5.12. The number of carbonyl (C=O) groups is 2. The highest BCUT2D eigenvalue weighted by molar-refractivity contribution is 9.10. The van der Waals surface area contributed by atoms with Gasteiger partial charge in [-0.15, -0.1) is 0 Å². The van der Waals surface area contributed by atoms with Crippen molar-refractivity contribution in [3.05, 3.63) is 33.8 Å². The molecular formula is C11H6BrF3O3. The first-order valence-electron chi connectivity index (χ1n) is 4.83. The van der Waals surface area contributed by atoms with Crippen LogP contribution in [0, 0.1) is 5.41 Å². The van der Waals surface area contributed by atoms with Crippen molar-refractivity contribution in [2.24, 2.45) is 5.41 Å². The second-order valence-corrected chi connectivity index (χ2v) is 4.93. The SMILES string of the molecule is O=C(O)C1(C(F)(F)F)Cc2cc(Br)ccc2C1=O. The Morgan fingerprint density at radius 3 is 2.50 bits per heavy atom. The average molecular weight is 323 g/mol. The van der Waals surface area contributed by atoms with E-state index < -0.39 is 29.8 Å². The van der Waals surface area contributed by atoms with E-state index in [-0.39, 0.29) is 11.1 Å². The normalized spacial score (nSPS) is 23.0. The van der Waals surface area contributed by atoms with Gasteiger partial charge >= 0.3 is 12.1 Å². The number of carboxylic acids is 1. The molecule has 0 bridgehead atoms. The van der Waals surface area contributed by atoms with Gasteiger partial charge in [-0.2, -0.15) is 13.2 Å². The number of hydrogen-bond donors (Lipinski definition) is 1. The standard InChI is InChI=1S/C11H6BrF3O3/c12-6-1-2-7-5(3-6)4-10(8(7)16,9(17)18)11(13,14)15/h1-3H,4H2,(H,17,18). The summed E-state index contributed by atoms with van der Waals surface area (Å²) in [6, 6.07) is 3.95. The van der Waals surface area contributed by atoms with Crippen molar-refractivity contribution >= 4 is 27.7 Å². The topological polar surface area (TPSA) is 54.4 Å². The lowest BCUT2D eigenvalue weighted by Gasteiger charge is -2.24. The number of carbonyl (C=O) groups excluding carboxylic acids is 1. The van der Waals surface area contributed by atoms with Gasteiger partial charge in [0.2, 0.25) is 5.41 Å². The number of fused-ring (bicyclic) bond motifs is 1. The maximum atomic E-state index is 13.0. The summed E-state index contributed by atoms with van der Waals surface area (Å²) >= 11 is 3.07. The van der Waals surface area contributed by atoms with E-state index in [0.29, 0.717) is 4.47 Å². The van der Waals surface area contributed by atoms with E-state index in [1.54, 1.807) is 0 Å². The second-order valence-electron chi connectivity index (χ2n) is 4.02. The molecule has 1 aliphatic rings. The Labute approximate surface area is 108 Å². The number of carboxylic acid groups (broad SMARTS) is 1. The van der Waals surface area contributed by atoms with Gasteiger partial charge in [-0.25, -0.2) is 0 Å². The first-order valence-corrected chi connectivity index (χ1v) is 5.63. The molecule has 7 heteroatoms. The third-order valence-corrected chi connectivity index (χ3v) is 3.50. The van der Waals surface area contributed by atoms with E-state index in [0.717, 1.165) is 0 Å². The average Bonchev–Trinajstić information content (AvgIpc) is 2.51. The van der Waals surface area contributed by atoms with Crippen LogP contribution in [-0.4, -0.2) is 23.0 Å². The largest absolute Gasteiger partial charge is 0.480 e. The number of ketones is 1. The minimum Gasteiger partial charge on any atom is -0.480 e. The smallest absolute Gasteiger partial charge is 0.412 e. The molecule has 3 nitrogen and oxygen atoms in total. The van der Waals surface area contributed by atoms with Gasteiger partial charge < -0.3 is 5.11 Å². The molecule has 1 unspecified atom stereocenters. The van der Waals surface area contributed by atoms with Crippen molar-refractivity contribution in [2.75, 3.05) is 0 Å². The molecule has 1 aromatic rings. The molecule has 0 fully saturated rings. The Morgan fingerprint density at radius 2 is 2.00 bits per heavy atom. The molecule has 0 spiro atoms. The Bertz CT molecular complexity index is 553. The summed E-state index contributed by atoms with van der Waals surface area (Å²) in [6.07, 6.45) is -5.99. The van der Waals surface area contributed by atoms with Crippen molar-refractivity contribution in [1.29, 1.82) is 0 Å². The van der Waals surface area contributed by atoms with Gasteiger partial charge in [0.1, 0.15) is 0 Å². The molecule has 1 N–H and O–H groups in total. The molecule has 0 aromatic heterocycles. The maximum Gasteiger partial charge on any atom is 0.412 e. The van der Waals surface area contributed by atoms with E-state index in [2.05, 4.69) is 15.9 Å². The number of rotatable bonds is 1. The van der Waals surface area contributed by atoms with Crippen LogP contribution in [0.1, 0.15) is 15.9 Å². The lowest BCUT2D eigenvalue weighted by atomic mass is 9.83. The first kappa shape index (κ1) is 13.1. The number of Topliss-reactive ketones (excluding diaryl/α,β-unsaturated/α-hetero) is 1. The predicted molar refractivity (Wildman–Crippen MR) is 58.3 cm³/mol. The van der Waals surface area contributed by atoms with Crippen LogP contribution in [-0.2, 0) is 11.2 Å². The number of aliphatic carboxylic acids is 1. The van der Waals surface area contributed by atoms with Crippen LogP contribution < -0.4 is 0 Å². The number of hydrogen-bond acceptors (Lipinski definition) is 2. The van der Waals surface area contributed by atoms with Crippen molar-refractivity contribution in [3.8, 4) is 0 Å². The molecule has 1 atom stereocenters. The summed E-state index contributed by atoms with van der Waals surface area (Å²) in [4.78, 5) is 22.8. The van der Waals surface area contributed by atoms with Crippen molar-refractivity contribution in [2.45, 2.75) is 12.6 Å². The summed E-state index contributed by atoms with van der Waals surface area (Å²) in [6.45, 7) is 0. The fourth-order valence-corrected chi connectivity index (χ4v) is 2.46. The lowest BCUT2D eigenvalue weighted by molar-refractivity contribution is -0.213. The fraction of sp³-hybridized carbons (Fsp3) is 0.273. The van der Waals surface area contributed by atoms with Crippen molar-refractivity contribution < 1.29 is 27.9 Å². The zero-order chi connectivity index (χ0) is 13.7. The molecule has 0 heterocycles. The van der Waals surface area contributed by atoms with Gasteiger partial charge in [0.05, 0.1) is 0 Å². The molecule has 2 rings (SSSR count). The molecule has 1 aliphatic carbocycles. The molecule has 0 saturated carbocycles. The van der Waals surface area contributed by atoms with E-state index in [1.165, 1.54) is 18.2 Å². The summed E-state index contributed by atoms with van der Waals surface area (Å²) in [5.74, 6) is -3.56. The predicted octanol–water partition coefficient (Wildman–Crippen LogP) is 2.82. The number of alkyl halides is 3. The highest BCUT2D eigenvalue weighted by atomic mass is 79.9. The Balaban J connectivity index is 2.64. The molecule has 0 amide bonds. The number of halogens is 4. The zero-order valence-electron chi connectivity index (χ0n) is 8.71. The van der Waals surface area contributed by atoms with Crippen molar-refractivity contribution in [3.63, 3.8) is 0 Å². The van der Waals surface area contributed by atoms with Gasteiger partial charge in [0, 0.05) is 16.5 Å². The molecule has 0 radical (unpaired) electrons. The Hall–Kier alpha value is -1.37. The summed E-state index contributed by atoms with van der Waals surface area (Å²) < 4.78 is 39.4. The first-order chi connectivity index (χ1) is 8.20. The Morgan fingerprint density at radius 1 is 1.39 bits per heavy atom. The van der Waals surface area contributed by atoms with Crippen LogP contribution >= 0.6 is 15.9 Å². The van der Waals surface area contributed by atoms with Crippen molar-refractivity contribution in [1.82, 2.24) is 0 Å². The van der Waals surface area contributed by atoms with E-state index >= 15 is 0 Å². The van der Waals surface area contributed by atoms with Gasteiger partial charge in [-0.1, -0.05) is 15.9 Å². The fourth-order valence-electron chi connectivity index (χ4n) is 2.05. The van der Waals surface area contributed by atoms with Crippen LogP contribution in [0.15, 0.2) is 22.7 Å². The van der Waals surface area contributed by atoms with Crippen LogP contribution in [0.2, 0.25) is 0 Å². The monoisotopic (exact) mass is 322 g/mol. The highest BCUT2D eigenvalue weighted by Crippen LogP contribution is 2.49. The maximum absolute atomic E-state index is 13.0. The molecule has 0 aliphatic heterocycles. The van der Waals surface area contributed by atoms with Crippen LogP contribution in [0.25, 0.3) is 0 Å². The molecule has 96 valence electrons. The second kappa shape index (κ2) is 3.81. The van der Waals surface area contributed by atoms with Crippen LogP contribution in [0.5, 0.6) is 0 Å². The van der Waals surface area contributed by atoms with E-state index in [9.17, 15) is 22.8 Å². The third-order valence-electron chi connectivity index (χ3n) is 3.00. The van der Waals surface area contributed by atoms with E-state index in [1.807, 2.05) is 0 Å². The quantitative estimate of drug-likeness (QED) is 0.809. The molecule has 1 aromatic carbocycles. The summed E-state index contributed by atoms with van der Waals surface area (Å²) in [7, 11) is 0. The van der Waals surface area contributed by atoms with Gasteiger partial charge in [0.15, 0.2) is 5.78 Å². The third kappa shape index (κ3) is 1.57. The number of benzene rings is 1. The van der Waals surface area contributed by atoms with Gasteiger partial charge in [-0.3, -0.25) is 9.59 Å². The summed E-state index contributed by atoms with van der Waals surface area (Å²) in [5.41, 5.74) is -3.44. The Kier molecular flexibility index (Phi) is 2.77. The zero-order valence-corrected chi connectivity index (χ0v) is 10.3. The molecule has 0 saturated heterocycles. The highest BCUT2D eigenvalue weighted by Gasteiger charge is 2.68.